The Hall–Kier alpha value is -1.36. The van der Waals surface area contributed by atoms with Crippen molar-refractivity contribution >= 4 is 29.7 Å². The normalized spacial score (nSPS) is 11.4. The van der Waals surface area contributed by atoms with Crippen LogP contribution in [-0.4, -0.2) is 18.5 Å². The Morgan fingerprint density at radius 2 is 1.95 bits per heavy atom. The smallest absolute Gasteiger partial charge is 0.237 e. The zero-order valence-corrected chi connectivity index (χ0v) is 12.8. The molecular formula is C15H19ClN2OS. The van der Waals surface area contributed by atoms with Crippen molar-refractivity contribution in [3.05, 3.63) is 58.3 Å². The standard InChI is InChI=1S/C15H18N2OS.ClH/c16-14(11-12-5-2-1-3-6-12)15(18)17-9-8-13-7-4-10-19-13;/h1-7,10,14H,8-9,11,16H2,(H,17,18);1H/t14-;/m0./s1. The maximum atomic E-state index is 11.8. The van der Waals surface area contributed by atoms with Crippen LogP contribution >= 0.6 is 23.7 Å². The van der Waals surface area contributed by atoms with Crippen molar-refractivity contribution in [2.24, 2.45) is 5.73 Å². The number of carbonyl (C=O) groups is 1. The number of hydrogen-bond donors (Lipinski definition) is 2. The molecule has 0 unspecified atom stereocenters. The summed E-state index contributed by atoms with van der Waals surface area (Å²) in [7, 11) is 0. The Balaban J connectivity index is 0.00000200. The molecule has 1 atom stereocenters. The molecule has 3 N–H and O–H groups in total. The van der Waals surface area contributed by atoms with Crippen LogP contribution in [0.3, 0.4) is 0 Å². The van der Waals surface area contributed by atoms with Crippen LogP contribution in [0.2, 0.25) is 0 Å². The number of rotatable bonds is 6. The van der Waals surface area contributed by atoms with Crippen molar-refractivity contribution in [2.45, 2.75) is 18.9 Å². The highest BCUT2D eigenvalue weighted by Gasteiger charge is 2.13. The summed E-state index contributed by atoms with van der Waals surface area (Å²) in [6.07, 6.45) is 1.44. The van der Waals surface area contributed by atoms with Crippen molar-refractivity contribution in [1.82, 2.24) is 5.32 Å². The molecule has 108 valence electrons. The van der Waals surface area contributed by atoms with Crippen LogP contribution in [0.25, 0.3) is 0 Å². The molecule has 1 aromatic heterocycles. The molecule has 0 aliphatic rings. The van der Waals surface area contributed by atoms with E-state index in [0.717, 1.165) is 12.0 Å². The van der Waals surface area contributed by atoms with Crippen LogP contribution in [0.5, 0.6) is 0 Å². The first-order valence-electron chi connectivity index (χ1n) is 6.35. The lowest BCUT2D eigenvalue weighted by atomic mass is 10.1. The van der Waals surface area contributed by atoms with Crippen LogP contribution in [-0.2, 0) is 17.6 Å². The number of hydrogen-bond acceptors (Lipinski definition) is 3. The van der Waals surface area contributed by atoms with E-state index < -0.39 is 6.04 Å². The minimum Gasteiger partial charge on any atom is -0.354 e. The molecule has 0 aliphatic carbocycles. The van der Waals surface area contributed by atoms with Gasteiger partial charge in [-0.05, 0) is 29.9 Å². The van der Waals surface area contributed by atoms with Gasteiger partial charge in [-0.3, -0.25) is 4.79 Å². The Morgan fingerprint density at radius 1 is 1.20 bits per heavy atom. The van der Waals surface area contributed by atoms with Gasteiger partial charge in [0, 0.05) is 11.4 Å². The van der Waals surface area contributed by atoms with E-state index in [1.165, 1.54) is 4.88 Å². The number of carbonyl (C=O) groups excluding carboxylic acids is 1. The molecule has 0 radical (unpaired) electrons. The highest BCUT2D eigenvalue weighted by atomic mass is 35.5. The largest absolute Gasteiger partial charge is 0.354 e. The molecule has 0 saturated carbocycles. The summed E-state index contributed by atoms with van der Waals surface area (Å²) in [5.74, 6) is -0.0830. The minimum absolute atomic E-state index is 0. The average molecular weight is 311 g/mol. The summed E-state index contributed by atoms with van der Waals surface area (Å²) in [4.78, 5) is 13.1. The maximum absolute atomic E-state index is 11.8. The third kappa shape index (κ3) is 5.33. The van der Waals surface area contributed by atoms with E-state index >= 15 is 0 Å². The van der Waals surface area contributed by atoms with Crippen LogP contribution in [0.1, 0.15) is 10.4 Å². The SMILES string of the molecule is Cl.N[C@@H](Cc1ccccc1)C(=O)NCCc1cccs1. The summed E-state index contributed by atoms with van der Waals surface area (Å²) in [6, 6.07) is 13.4. The van der Waals surface area contributed by atoms with Crippen LogP contribution in [0.4, 0.5) is 0 Å². The Bertz CT molecular complexity index is 502. The number of halogens is 1. The first-order valence-corrected chi connectivity index (χ1v) is 7.23. The van der Waals surface area contributed by atoms with Gasteiger partial charge in [-0.25, -0.2) is 0 Å². The molecule has 0 bridgehead atoms. The number of nitrogens with one attached hydrogen (secondary N) is 1. The summed E-state index contributed by atoms with van der Waals surface area (Å²) < 4.78 is 0. The van der Waals surface area contributed by atoms with Gasteiger partial charge in [0.2, 0.25) is 5.91 Å². The topological polar surface area (TPSA) is 55.1 Å². The molecule has 1 amide bonds. The Kier molecular flexibility index (Phi) is 7.30. The van der Waals surface area contributed by atoms with Gasteiger partial charge in [-0.2, -0.15) is 0 Å². The second-order valence-corrected chi connectivity index (χ2v) is 5.45. The molecule has 1 aromatic carbocycles. The van der Waals surface area contributed by atoms with E-state index in [4.69, 9.17) is 5.73 Å². The molecule has 0 fully saturated rings. The number of nitrogens with two attached hydrogens (primary N) is 1. The average Bonchev–Trinajstić information content (AvgIpc) is 2.93. The van der Waals surface area contributed by atoms with Gasteiger partial charge in [0.1, 0.15) is 0 Å². The first-order chi connectivity index (χ1) is 9.25. The van der Waals surface area contributed by atoms with Gasteiger partial charge < -0.3 is 11.1 Å². The van der Waals surface area contributed by atoms with Crippen LogP contribution < -0.4 is 11.1 Å². The summed E-state index contributed by atoms with van der Waals surface area (Å²) in [5, 5.41) is 4.92. The maximum Gasteiger partial charge on any atom is 0.237 e. The molecule has 0 aliphatic heterocycles. The fourth-order valence-electron chi connectivity index (χ4n) is 1.86. The fourth-order valence-corrected chi connectivity index (χ4v) is 2.56. The van der Waals surface area contributed by atoms with Crippen molar-refractivity contribution in [3.63, 3.8) is 0 Å². The van der Waals surface area contributed by atoms with E-state index in [-0.39, 0.29) is 18.3 Å². The predicted octanol–water partition coefficient (Wildman–Crippen LogP) is 2.40. The fraction of sp³-hybridized carbons (Fsp3) is 0.267. The Labute approximate surface area is 129 Å². The van der Waals surface area contributed by atoms with Gasteiger partial charge in [0.05, 0.1) is 6.04 Å². The zero-order valence-electron chi connectivity index (χ0n) is 11.1. The second-order valence-electron chi connectivity index (χ2n) is 4.42. The lowest BCUT2D eigenvalue weighted by molar-refractivity contribution is -0.122. The lowest BCUT2D eigenvalue weighted by Crippen LogP contribution is -2.42. The van der Waals surface area contributed by atoms with E-state index in [2.05, 4.69) is 11.4 Å². The van der Waals surface area contributed by atoms with Crippen LogP contribution in [0.15, 0.2) is 47.8 Å². The first kappa shape index (κ1) is 16.7. The number of thiophene rings is 1. The molecule has 0 saturated heterocycles. The quantitative estimate of drug-likeness (QED) is 0.861. The van der Waals surface area contributed by atoms with Crippen molar-refractivity contribution < 1.29 is 4.79 Å². The third-order valence-corrected chi connectivity index (χ3v) is 3.82. The summed E-state index contributed by atoms with van der Waals surface area (Å²) in [5.41, 5.74) is 6.99. The monoisotopic (exact) mass is 310 g/mol. The molecule has 2 rings (SSSR count). The van der Waals surface area contributed by atoms with Gasteiger partial charge in [-0.1, -0.05) is 36.4 Å². The highest BCUT2D eigenvalue weighted by molar-refractivity contribution is 7.09. The van der Waals surface area contributed by atoms with Gasteiger partial charge in [-0.15, -0.1) is 23.7 Å². The van der Waals surface area contributed by atoms with Crippen molar-refractivity contribution in [2.75, 3.05) is 6.54 Å². The minimum atomic E-state index is -0.481. The van der Waals surface area contributed by atoms with E-state index in [0.29, 0.717) is 13.0 Å². The molecular weight excluding hydrogens is 292 g/mol. The molecule has 3 nitrogen and oxygen atoms in total. The van der Waals surface area contributed by atoms with Gasteiger partial charge in [0.15, 0.2) is 0 Å². The zero-order chi connectivity index (χ0) is 13.5. The number of benzene rings is 1. The van der Waals surface area contributed by atoms with Gasteiger partial charge in [0.25, 0.3) is 0 Å². The molecule has 20 heavy (non-hydrogen) atoms. The van der Waals surface area contributed by atoms with Gasteiger partial charge >= 0.3 is 0 Å². The molecule has 5 heteroatoms. The molecule has 1 heterocycles. The number of amides is 1. The summed E-state index contributed by atoms with van der Waals surface area (Å²) in [6.45, 7) is 0.641. The molecule has 2 aromatic rings. The van der Waals surface area contributed by atoms with Crippen molar-refractivity contribution in [1.29, 1.82) is 0 Å². The van der Waals surface area contributed by atoms with E-state index in [9.17, 15) is 4.79 Å². The lowest BCUT2D eigenvalue weighted by Gasteiger charge is -2.12. The van der Waals surface area contributed by atoms with Crippen LogP contribution in [0, 0.1) is 0 Å². The highest BCUT2D eigenvalue weighted by Crippen LogP contribution is 2.08. The second kappa shape index (κ2) is 8.74. The Morgan fingerprint density at radius 3 is 2.60 bits per heavy atom. The third-order valence-electron chi connectivity index (χ3n) is 2.89. The molecule has 0 spiro atoms. The van der Waals surface area contributed by atoms with E-state index in [1.807, 2.05) is 41.8 Å². The van der Waals surface area contributed by atoms with Crippen molar-refractivity contribution in [3.8, 4) is 0 Å². The van der Waals surface area contributed by atoms with E-state index in [1.54, 1.807) is 11.3 Å². The predicted molar refractivity (Wildman–Crippen MR) is 86.4 cm³/mol. The summed E-state index contributed by atoms with van der Waals surface area (Å²) >= 11 is 1.70.